The smallest absolute Gasteiger partial charge is 0.120 e. The first-order chi connectivity index (χ1) is 7.77. The van der Waals surface area contributed by atoms with Crippen LogP contribution < -0.4 is 5.32 Å². The molecule has 82 valence electrons. The first-order valence-corrected chi connectivity index (χ1v) is 5.25. The normalized spacial score (nSPS) is 10.1. The van der Waals surface area contributed by atoms with Crippen LogP contribution in [0.1, 0.15) is 5.56 Å². The van der Waals surface area contributed by atoms with Gasteiger partial charge in [0.15, 0.2) is 0 Å². The zero-order valence-electron chi connectivity index (χ0n) is 8.52. The molecular weight excluding hydrogens is 224 g/mol. The fourth-order valence-electron chi connectivity index (χ4n) is 1.37. The lowest BCUT2D eigenvalue weighted by molar-refractivity contribution is 0.469. The molecule has 16 heavy (non-hydrogen) atoms. The average Bonchev–Trinajstić information content (AvgIpc) is 2.30. The minimum absolute atomic E-state index is 0.278. The maximum absolute atomic E-state index is 9.57. The number of hydrogen-bond acceptors (Lipinski definition) is 3. The maximum atomic E-state index is 9.57. The van der Waals surface area contributed by atoms with E-state index in [1.54, 1.807) is 30.6 Å². The van der Waals surface area contributed by atoms with Crippen molar-refractivity contribution < 1.29 is 5.11 Å². The molecule has 0 amide bonds. The van der Waals surface area contributed by atoms with E-state index in [9.17, 15) is 5.11 Å². The van der Waals surface area contributed by atoms with Gasteiger partial charge in [-0.3, -0.25) is 4.98 Å². The quantitative estimate of drug-likeness (QED) is 0.858. The number of anilines is 1. The molecule has 0 atom stereocenters. The summed E-state index contributed by atoms with van der Waals surface area (Å²) >= 11 is 5.94. The van der Waals surface area contributed by atoms with Gasteiger partial charge in [0.1, 0.15) is 5.75 Å². The van der Waals surface area contributed by atoms with Crippen molar-refractivity contribution in [3.8, 4) is 5.75 Å². The third kappa shape index (κ3) is 2.44. The molecule has 0 aliphatic carbocycles. The van der Waals surface area contributed by atoms with Crippen LogP contribution in [0, 0.1) is 0 Å². The van der Waals surface area contributed by atoms with Gasteiger partial charge in [0.05, 0.1) is 10.7 Å². The molecule has 4 heteroatoms. The van der Waals surface area contributed by atoms with E-state index >= 15 is 0 Å². The molecule has 0 unspecified atom stereocenters. The van der Waals surface area contributed by atoms with Crippen molar-refractivity contribution in [3.63, 3.8) is 0 Å². The monoisotopic (exact) mass is 234 g/mol. The Morgan fingerprint density at radius 3 is 2.81 bits per heavy atom. The van der Waals surface area contributed by atoms with Crippen LogP contribution in [0.3, 0.4) is 0 Å². The second-order valence-electron chi connectivity index (χ2n) is 3.34. The SMILES string of the molecule is Oc1ccccc1CNc1ccncc1Cl. The Labute approximate surface area is 98.7 Å². The Morgan fingerprint density at radius 1 is 1.25 bits per heavy atom. The van der Waals surface area contributed by atoms with Crippen LogP contribution in [0.2, 0.25) is 5.02 Å². The van der Waals surface area contributed by atoms with Crippen molar-refractivity contribution in [3.05, 3.63) is 53.3 Å². The van der Waals surface area contributed by atoms with Crippen LogP contribution in [0.25, 0.3) is 0 Å². The van der Waals surface area contributed by atoms with Crippen molar-refractivity contribution in [1.29, 1.82) is 0 Å². The minimum Gasteiger partial charge on any atom is -0.508 e. The van der Waals surface area contributed by atoms with Gasteiger partial charge in [-0.25, -0.2) is 0 Å². The third-order valence-corrected chi connectivity index (χ3v) is 2.53. The van der Waals surface area contributed by atoms with E-state index in [2.05, 4.69) is 10.3 Å². The molecule has 2 N–H and O–H groups in total. The molecule has 2 aromatic rings. The average molecular weight is 235 g/mol. The highest BCUT2D eigenvalue weighted by atomic mass is 35.5. The zero-order valence-corrected chi connectivity index (χ0v) is 9.28. The first kappa shape index (κ1) is 10.8. The number of nitrogens with zero attached hydrogens (tertiary/aromatic N) is 1. The fourth-order valence-corrected chi connectivity index (χ4v) is 1.56. The number of aromatic hydroxyl groups is 1. The number of benzene rings is 1. The van der Waals surface area contributed by atoms with E-state index in [1.165, 1.54) is 0 Å². The molecule has 0 aliphatic heterocycles. The molecule has 2 rings (SSSR count). The number of halogens is 1. The number of nitrogens with one attached hydrogen (secondary N) is 1. The van der Waals surface area contributed by atoms with Crippen LogP contribution in [-0.4, -0.2) is 10.1 Å². The van der Waals surface area contributed by atoms with Gasteiger partial charge in [0.25, 0.3) is 0 Å². The number of para-hydroxylation sites is 1. The summed E-state index contributed by atoms with van der Waals surface area (Å²) < 4.78 is 0. The lowest BCUT2D eigenvalue weighted by Crippen LogP contribution is -2.00. The van der Waals surface area contributed by atoms with Gasteiger partial charge >= 0.3 is 0 Å². The summed E-state index contributed by atoms with van der Waals surface area (Å²) in [7, 11) is 0. The largest absolute Gasteiger partial charge is 0.508 e. The third-order valence-electron chi connectivity index (χ3n) is 2.23. The second-order valence-corrected chi connectivity index (χ2v) is 3.74. The first-order valence-electron chi connectivity index (χ1n) is 4.87. The summed E-state index contributed by atoms with van der Waals surface area (Å²) in [5.74, 6) is 0.278. The standard InChI is InChI=1S/C12H11ClN2O/c13-10-8-14-6-5-11(10)15-7-9-3-1-2-4-12(9)16/h1-6,8,16H,7H2,(H,14,15). The molecule has 0 saturated carbocycles. The molecule has 0 saturated heterocycles. The highest BCUT2D eigenvalue weighted by Gasteiger charge is 2.01. The fraction of sp³-hybridized carbons (Fsp3) is 0.0833. The van der Waals surface area contributed by atoms with E-state index in [4.69, 9.17) is 11.6 Å². The number of phenols is 1. The number of pyridine rings is 1. The van der Waals surface area contributed by atoms with E-state index in [0.717, 1.165) is 11.3 Å². The minimum atomic E-state index is 0.278. The molecule has 0 aliphatic rings. The van der Waals surface area contributed by atoms with Crippen molar-refractivity contribution >= 4 is 17.3 Å². The van der Waals surface area contributed by atoms with Crippen LogP contribution in [0.4, 0.5) is 5.69 Å². The molecular formula is C12H11ClN2O. The summed E-state index contributed by atoms with van der Waals surface area (Å²) in [6.45, 7) is 0.524. The van der Waals surface area contributed by atoms with Gasteiger partial charge < -0.3 is 10.4 Å². The van der Waals surface area contributed by atoms with Crippen LogP contribution in [-0.2, 0) is 6.54 Å². The Morgan fingerprint density at radius 2 is 2.06 bits per heavy atom. The number of aromatic nitrogens is 1. The highest BCUT2D eigenvalue weighted by molar-refractivity contribution is 6.33. The van der Waals surface area contributed by atoms with E-state index in [-0.39, 0.29) is 5.75 Å². The van der Waals surface area contributed by atoms with Crippen LogP contribution in [0.15, 0.2) is 42.7 Å². The zero-order chi connectivity index (χ0) is 11.4. The summed E-state index contributed by atoms with van der Waals surface area (Å²) in [6, 6.07) is 8.98. The predicted octanol–water partition coefficient (Wildman–Crippen LogP) is 3.05. The number of rotatable bonds is 3. The molecule has 1 aromatic carbocycles. The van der Waals surface area contributed by atoms with Gasteiger partial charge in [0.2, 0.25) is 0 Å². The topological polar surface area (TPSA) is 45.1 Å². The molecule has 0 fully saturated rings. The van der Waals surface area contributed by atoms with E-state index in [0.29, 0.717) is 11.6 Å². The molecule has 0 bridgehead atoms. The maximum Gasteiger partial charge on any atom is 0.120 e. The van der Waals surface area contributed by atoms with E-state index < -0.39 is 0 Å². The summed E-state index contributed by atoms with van der Waals surface area (Å²) in [4.78, 5) is 3.90. The van der Waals surface area contributed by atoms with Gasteiger partial charge in [-0.2, -0.15) is 0 Å². The second kappa shape index (κ2) is 4.86. The Hall–Kier alpha value is -1.74. The van der Waals surface area contributed by atoms with Gasteiger partial charge in [-0.15, -0.1) is 0 Å². The molecule has 0 radical (unpaired) electrons. The molecule has 1 heterocycles. The lowest BCUT2D eigenvalue weighted by atomic mass is 10.2. The number of phenolic OH excluding ortho intramolecular Hbond substituents is 1. The van der Waals surface area contributed by atoms with Crippen LogP contribution in [0.5, 0.6) is 5.75 Å². The molecule has 1 aromatic heterocycles. The predicted molar refractivity (Wildman–Crippen MR) is 64.7 cm³/mol. The van der Waals surface area contributed by atoms with E-state index in [1.807, 2.05) is 12.1 Å². The Balaban J connectivity index is 2.09. The van der Waals surface area contributed by atoms with Gasteiger partial charge in [-0.05, 0) is 12.1 Å². The summed E-state index contributed by atoms with van der Waals surface area (Å²) in [5, 5.41) is 13.3. The summed E-state index contributed by atoms with van der Waals surface area (Å²) in [5.41, 5.74) is 1.63. The summed E-state index contributed by atoms with van der Waals surface area (Å²) in [6.07, 6.45) is 3.24. The lowest BCUT2D eigenvalue weighted by Gasteiger charge is -2.08. The van der Waals surface area contributed by atoms with Crippen molar-refractivity contribution in [2.45, 2.75) is 6.54 Å². The Kier molecular flexibility index (Phi) is 3.27. The number of hydrogen-bond donors (Lipinski definition) is 2. The van der Waals surface area contributed by atoms with Gasteiger partial charge in [0, 0.05) is 24.5 Å². The van der Waals surface area contributed by atoms with Crippen LogP contribution >= 0.6 is 11.6 Å². The molecule has 3 nitrogen and oxygen atoms in total. The van der Waals surface area contributed by atoms with Crippen molar-refractivity contribution in [2.75, 3.05) is 5.32 Å². The van der Waals surface area contributed by atoms with Gasteiger partial charge in [-0.1, -0.05) is 29.8 Å². The molecule has 0 spiro atoms. The van der Waals surface area contributed by atoms with Crippen molar-refractivity contribution in [1.82, 2.24) is 4.98 Å². The Bertz CT molecular complexity index is 442. The van der Waals surface area contributed by atoms with Crippen molar-refractivity contribution in [2.24, 2.45) is 0 Å². The highest BCUT2D eigenvalue weighted by Crippen LogP contribution is 2.22.